The molecule has 0 aliphatic heterocycles. The molecular weight excluding hydrogens is 264 g/mol. The number of carbonyl (C=O) groups excluding carboxylic acids is 1. The lowest BCUT2D eigenvalue weighted by Gasteiger charge is -2.01. The Morgan fingerprint density at radius 1 is 1.33 bits per heavy atom. The molecular formula is C16H18N4O. The van der Waals surface area contributed by atoms with Crippen molar-refractivity contribution in [3.05, 3.63) is 47.8 Å². The number of benzene rings is 1. The molecule has 5 nitrogen and oxygen atoms in total. The van der Waals surface area contributed by atoms with E-state index in [2.05, 4.69) is 26.6 Å². The zero-order chi connectivity index (χ0) is 14.7. The molecule has 0 unspecified atom stereocenters. The number of fused-ring (bicyclic) bond motifs is 1. The molecule has 108 valence electrons. The molecule has 5 heteroatoms. The number of nitrogens with zero attached hydrogens (tertiary/aromatic N) is 1. The number of amides is 1. The molecule has 3 N–H and O–H groups in total. The van der Waals surface area contributed by atoms with Crippen LogP contribution in [0.3, 0.4) is 0 Å². The van der Waals surface area contributed by atoms with E-state index in [-0.39, 0.29) is 5.91 Å². The topological polar surface area (TPSA) is 73.6 Å². The summed E-state index contributed by atoms with van der Waals surface area (Å²) in [5, 5.41) is 10.9. The Kier molecular flexibility index (Phi) is 3.73. The molecule has 0 bridgehead atoms. The number of anilines is 1. The van der Waals surface area contributed by atoms with E-state index < -0.39 is 0 Å². The van der Waals surface area contributed by atoms with Gasteiger partial charge in [-0.25, -0.2) is 0 Å². The van der Waals surface area contributed by atoms with Crippen LogP contribution in [0.2, 0.25) is 0 Å². The van der Waals surface area contributed by atoms with E-state index in [1.165, 1.54) is 5.39 Å². The number of aryl methyl sites for hydroxylation is 2. The largest absolute Gasteiger partial charge is 0.361 e. The molecule has 0 aliphatic carbocycles. The van der Waals surface area contributed by atoms with Gasteiger partial charge in [0.25, 0.3) is 0 Å². The number of aromatic amines is 2. The second-order valence-electron chi connectivity index (χ2n) is 5.04. The van der Waals surface area contributed by atoms with Crippen molar-refractivity contribution < 1.29 is 4.79 Å². The van der Waals surface area contributed by atoms with Gasteiger partial charge in [0.2, 0.25) is 5.91 Å². The van der Waals surface area contributed by atoms with Crippen molar-refractivity contribution >= 4 is 22.6 Å². The molecule has 1 amide bonds. The van der Waals surface area contributed by atoms with Gasteiger partial charge in [-0.05, 0) is 24.5 Å². The predicted molar refractivity (Wildman–Crippen MR) is 83.2 cm³/mol. The van der Waals surface area contributed by atoms with Gasteiger partial charge in [0, 0.05) is 35.3 Å². The summed E-state index contributed by atoms with van der Waals surface area (Å²) in [5.41, 5.74) is 3.28. The molecule has 0 radical (unpaired) electrons. The number of carbonyl (C=O) groups is 1. The first-order chi connectivity index (χ1) is 10.3. The minimum absolute atomic E-state index is 0.0190. The second kappa shape index (κ2) is 5.83. The third kappa shape index (κ3) is 2.97. The predicted octanol–water partition coefficient (Wildman–Crippen LogP) is 3.02. The molecule has 0 atom stereocenters. The third-order valence-corrected chi connectivity index (χ3v) is 3.58. The molecule has 3 rings (SSSR count). The fraction of sp³-hybridized carbons (Fsp3) is 0.250. The van der Waals surface area contributed by atoms with Crippen molar-refractivity contribution in [3.63, 3.8) is 0 Å². The van der Waals surface area contributed by atoms with E-state index in [9.17, 15) is 4.79 Å². The number of hydrogen-bond donors (Lipinski definition) is 3. The summed E-state index contributed by atoms with van der Waals surface area (Å²) in [6.07, 6.45) is 4.00. The van der Waals surface area contributed by atoms with E-state index in [0.29, 0.717) is 18.7 Å². The summed E-state index contributed by atoms with van der Waals surface area (Å²) in [7, 11) is 0. The van der Waals surface area contributed by atoms with Crippen LogP contribution in [0, 0.1) is 0 Å². The molecule has 1 aromatic carbocycles. The van der Waals surface area contributed by atoms with Gasteiger partial charge in [-0.1, -0.05) is 25.1 Å². The summed E-state index contributed by atoms with van der Waals surface area (Å²) in [6, 6.07) is 9.98. The first-order valence-electron chi connectivity index (χ1n) is 7.15. The van der Waals surface area contributed by atoms with Crippen LogP contribution in [0.5, 0.6) is 0 Å². The number of rotatable bonds is 5. The molecule has 0 aliphatic rings. The fourth-order valence-corrected chi connectivity index (χ4v) is 2.40. The van der Waals surface area contributed by atoms with Crippen molar-refractivity contribution in [1.29, 1.82) is 0 Å². The van der Waals surface area contributed by atoms with E-state index in [4.69, 9.17) is 0 Å². The van der Waals surface area contributed by atoms with E-state index in [0.717, 1.165) is 23.2 Å². The highest BCUT2D eigenvalue weighted by molar-refractivity contribution is 5.90. The van der Waals surface area contributed by atoms with Crippen molar-refractivity contribution in [3.8, 4) is 0 Å². The molecule has 21 heavy (non-hydrogen) atoms. The monoisotopic (exact) mass is 282 g/mol. The number of hydrogen-bond acceptors (Lipinski definition) is 2. The molecule has 0 saturated heterocycles. The zero-order valence-corrected chi connectivity index (χ0v) is 11.9. The lowest BCUT2D eigenvalue weighted by Crippen LogP contribution is -2.12. The molecule has 0 saturated carbocycles. The number of nitrogens with one attached hydrogen (secondary N) is 3. The summed E-state index contributed by atoms with van der Waals surface area (Å²) < 4.78 is 0. The summed E-state index contributed by atoms with van der Waals surface area (Å²) in [5.74, 6) is 0.574. The quantitative estimate of drug-likeness (QED) is 0.673. The Morgan fingerprint density at radius 2 is 2.19 bits per heavy atom. The normalized spacial score (nSPS) is 10.9. The zero-order valence-electron chi connectivity index (χ0n) is 11.9. The van der Waals surface area contributed by atoms with Gasteiger partial charge < -0.3 is 10.3 Å². The molecule has 0 spiro atoms. The Morgan fingerprint density at radius 3 is 3.00 bits per heavy atom. The average molecular weight is 282 g/mol. The van der Waals surface area contributed by atoms with Crippen LogP contribution in [0.4, 0.5) is 5.82 Å². The molecule has 2 heterocycles. The lowest BCUT2D eigenvalue weighted by atomic mass is 10.1. The average Bonchev–Trinajstić information content (AvgIpc) is 3.11. The number of H-pyrrole nitrogens is 2. The van der Waals surface area contributed by atoms with Gasteiger partial charge in [0.1, 0.15) is 0 Å². The summed E-state index contributed by atoms with van der Waals surface area (Å²) in [6.45, 7) is 2.04. The van der Waals surface area contributed by atoms with E-state index in [1.807, 2.05) is 37.4 Å². The van der Waals surface area contributed by atoms with Gasteiger partial charge in [0.15, 0.2) is 5.82 Å². The van der Waals surface area contributed by atoms with Crippen LogP contribution >= 0.6 is 0 Å². The minimum atomic E-state index is -0.0190. The molecule has 0 fully saturated rings. The Hall–Kier alpha value is -2.56. The van der Waals surface area contributed by atoms with Gasteiger partial charge in [-0.2, -0.15) is 5.10 Å². The van der Waals surface area contributed by atoms with Crippen molar-refractivity contribution in [1.82, 2.24) is 15.2 Å². The Labute approximate surface area is 122 Å². The van der Waals surface area contributed by atoms with Crippen LogP contribution < -0.4 is 5.32 Å². The first-order valence-corrected chi connectivity index (χ1v) is 7.15. The fourth-order valence-electron chi connectivity index (χ4n) is 2.40. The summed E-state index contributed by atoms with van der Waals surface area (Å²) >= 11 is 0. The maximum absolute atomic E-state index is 12.0. The summed E-state index contributed by atoms with van der Waals surface area (Å²) in [4.78, 5) is 15.2. The SMILES string of the molecule is CCc1cc(NC(=O)CCc2c[nH]c3ccccc23)n[nH]1. The van der Waals surface area contributed by atoms with Crippen LogP contribution in [0.25, 0.3) is 10.9 Å². The Bertz CT molecular complexity index is 756. The highest BCUT2D eigenvalue weighted by atomic mass is 16.1. The van der Waals surface area contributed by atoms with Crippen LogP contribution in [0.1, 0.15) is 24.6 Å². The first kappa shape index (κ1) is 13.4. The van der Waals surface area contributed by atoms with Gasteiger partial charge in [-0.3, -0.25) is 9.89 Å². The second-order valence-corrected chi connectivity index (χ2v) is 5.04. The van der Waals surface area contributed by atoms with Crippen molar-refractivity contribution in [2.75, 3.05) is 5.32 Å². The van der Waals surface area contributed by atoms with Crippen LogP contribution in [0.15, 0.2) is 36.5 Å². The number of para-hydroxylation sites is 1. The van der Waals surface area contributed by atoms with Gasteiger partial charge in [0.05, 0.1) is 0 Å². The highest BCUT2D eigenvalue weighted by Gasteiger charge is 2.08. The number of aromatic nitrogens is 3. The Balaban J connectivity index is 1.60. The standard InChI is InChI=1S/C16H18N4O/c1-2-12-9-15(20-19-12)18-16(21)8-7-11-10-17-14-6-4-3-5-13(11)14/h3-6,9-10,17H,2,7-8H2,1H3,(H2,18,19,20,21). The maximum atomic E-state index is 12.0. The van der Waals surface area contributed by atoms with Crippen LogP contribution in [-0.4, -0.2) is 21.1 Å². The maximum Gasteiger partial charge on any atom is 0.225 e. The minimum Gasteiger partial charge on any atom is -0.361 e. The van der Waals surface area contributed by atoms with Crippen molar-refractivity contribution in [2.45, 2.75) is 26.2 Å². The third-order valence-electron chi connectivity index (χ3n) is 3.58. The lowest BCUT2D eigenvalue weighted by molar-refractivity contribution is -0.116. The molecule has 2 aromatic heterocycles. The van der Waals surface area contributed by atoms with Crippen molar-refractivity contribution in [2.24, 2.45) is 0 Å². The smallest absolute Gasteiger partial charge is 0.225 e. The van der Waals surface area contributed by atoms with E-state index in [1.54, 1.807) is 0 Å². The van der Waals surface area contributed by atoms with E-state index >= 15 is 0 Å². The van der Waals surface area contributed by atoms with Crippen LogP contribution in [-0.2, 0) is 17.6 Å². The van der Waals surface area contributed by atoms with Gasteiger partial charge in [-0.15, -0.1) is 0 Å². The highest BCUT2D eigenvalue weighted by Crippen LogP contribution is 2.19. The van der Waals surface area contributed by atoms with Gasteiger partial charge >= 0.3 is 0 Å². The molecule has 3 aromatic rings.